The molecular formula is C22H28N2O3. The van der Waals surface area contributed by atoms with Crippen LogP contribution in [-0.4, -0.2) is 44.7 Å². The Bertz CT molecular complexity index is 757. The molecule has 27 heavy (non-hydrogen) atoms. The number of nitrogens with zero attached hydrogens (tertiary/aromatic N) is 1. The number of carbonyl (C=O) groups excluding carboxylic acids is 1. The first-order valence-corrected chi connectivity index (χ1v) is 9.48. The lowest BCUT2D eigenvalue weighted by atomic mass is 10.0. The number of amides is 1. The quantitative estimate of drug-likeness (QED) is 0.777. The van der Waals surface area contributed by atoms with Crippen molar-refractivity contribution in [2.24, 2.45) is 0 Å². The lowest BCUT2D eigenvalue weighted by Gasteiger charge is -2.28. The Labute approximate surface area is 161 Å². The Balaban J connectivity index is 1.68. The van der Waals surface area contributed by atoms with Crippen molar-refractivity contribution in [1.82, 2.24) is 10.2 Å². The number of benzene rings is 2. The zero-order valence-corrected chi connectivity index (χ0v) is 16.1. The molecule has 2 aromatic carbocycles. The third-order valence-electron chi connectivity index (χ3n) is 5.10. The molecule has 1 atom stereocenters. The molecule has 0 saturated carbocycles. The highest BCUT2D eigenvalue weighted by atomic mass is 16.5. The van der Waals surface area contributed by atoms with Crippen molar-refractivity contribution >= 4 is 5.91 Å². The molecular weight excluding hydrogens is 340 g/mol. The Morgan fingerprint density at radius 3 is 2.59 bits per heavy atom. The Hall–Kier alpha value is -2.53. The largest absolute Gasteiger partial charge is 0.497 e. The minimum Gasteiger partial charge on any atom is -0.497 e. The second kappa shape index (κ2) is 9.42. The third kappa shape index (κ3) is 5.01. The maximum atomic E-state index is 12.5. The molecule has 0 spiro atoms. The summed E-state index contributed by atoms with van der Waals surface area (Å²) in [6.45, 7) is 2.70. The fourth-order valence-electron chi connectivity index (χ4n) is 3.65. The summed E-state index contributed by atoms with van der Waals surface area (Å²) in [5, 5.41) is 3.12. The van der Waals surface area contributed by atoms with Crippen LogP contribution in [0.1, 0.15) is 30.0 Å². The van der Waals surface area contributed by atoms with E-state index in [2.05, 4.69) is 22.3 Å². The number of rotatable bonds is 8. The van der Waals surface area contributed by atoms with E-state index in [4.69, 9.17) is 9.47 Å². The summed E-state index contributed by atoms with van der Waals surface area (Å²) in [4.78, 5) is 15.0. The van der Waals surface area contributed by atoms with Gasteiger partial charge in [-0.25, -0.2) is 0 Å². The van der Waals surface area contributed by atoms with Crippen LogP contribution < -0.4 is 14.8 Å². The van der Waals surface area contributed by atoms with Crippen molar-refractivity contribution < 1.29 is 14.3 Å². The van der Waals surface area contributed by atoms with Crippen molar-refractivity contribution in [3.05, 3.63) is 59.7 Å². The van der Waals surface area contributed by atoms with Gasteiger partial charge in [0.1, 0.15) is 11.5 Å². The van der Waals surface area contributed by atoms with E-state index < -0.39 is 0 Å². The number of hydrogen-bond donors (Lipinski definition) is 1. The molecule has 1 fully saturated rings. The van der Waals surface area contributed by atoms with Gasteiger partial charge in [-0.15, -0.1) is 0 Å². The van der Waals surface area contributed by atoms with Gasteiger partial charge in [0.15, 0.2) is 0 Å². The first-order chi connectivity index (χ1) is 13.2. The van der Waals surface area contributed by atoms with Crippen LogP contribution in [0.2, 0.25) is 0 Å². The van der Waals surface area contributed by atoms with E-state index in [0.29, 0.717) is 13.0 Å². The van der Waals surface area contributed by atoms with Crippen LogP contribution in [0, 0.1) is 0 Å². The predicted molar refractivity (Wildman–Crippen MR) is 106 cm³/mol. The van der Waals surface area contributed by atoms with Gasteiger partial charge < -0.3 is 14.8 Å². The first kappa shape index (κ1) is 19.2. The summed E-state index contributed by atoms with van der Waals surface area (Å²) in [5.41, 5.74) is 2.07. The lowest BCUT2D eigenvalue weighted by Crippen LogP contribution is -2.37. The highest BCUT2D eigenvalue weighted by Crippen LogP contribution is 2.27. The molecule has 1 heterocycles. The van der Waals surface area contributed by atoms with Crippen molar-refractivity contribution in [2.45, 2.75) is 25.3 Å². The number of nitrogens with one attached hydrogen (secondary N) is 1. The molecule has 1 N–H and O–H groups in total. The second-order valence-electron chi connectivity index (χ2n) is 6.83. The molecule has 1 aliphatic rings. The molecule has 0 aromatic heterocycles. The number of likely N-dealkylation sites (tertiary alicyclic amines) is 1. The van der Waals surface area contributed by atoms with E-state index >= 15 is 0 Å². The fourth-order valence-corrected chi connectivity index (χ4v) is 3.65. The monoisotopic (exact) mass is 368 g/mol. The molecule has 0 bridgehead atoms. The van der Waals surface area contributed by atoms with Gasteiger partial charge in [-0.1, -0.05) is 30.3 Å². The Kier molecular flexibility index (Phi) is 6.71. The van der Waals surface area contributed by atoms with Gasteiger partial charge in [0.25, 0.3) is 0 Å². The topological polar surface area (TPSA) is 50.8 Å². The highest BCUT2D eigenvalue weighted by Gasteiger charge is 2.24. The van der Waals surface area contributed by atoms with Crippen LogP contribution in [-0.2, 0) is 11.2 Å². The molecule has 1 saturated heterocycles. The number of para-hydroxylation sites is 1. The van der Waals surface area contributed by atoms with E-state index in [1.54, 1.807) is 14.2 Å². The Morgan fingerprint density at radius 2 is 1.85 bits per heavy atom. The molecule has 1 amide bonds. The molecule has 1 unspecified atom stereocenters. The third-order valence-corrected chi connectivity index (χ3v) is 5.10. The van der Waals surface area contributed by atoms with Crippen LogP contribution in [0.3, 0.4) is 0 Å². The van der Waals surface area contributed by atoms with E-state index in [1.807, 2.05) is 36.4 Å². The summed E-state index contributed by atoms with van der Waals surface area (Å²) in [7, 11) is 3.31. The minimum absolute atomic E-state index is 0.00610. The standard InChI is InChI=1S/C22H28N2O3/c1-26-19-10-7-9-17(14-19)20(24-12-5-6-13-24)16-23-22(25)15-18-8-3-4-11-21(18)27-2/h3-4,7-11,14,20H,5-6,12-13,15-16H2,1-2H3,(H,23,25). The van der Waals surface area contributed by atoms with Gasteiger partial charge in [-0.05, 0) is 49.7 Å². The van der Waals surface area contributed by atoms with Crippen molar-refractivity contribution in [2.75, 3.05) is 33.9 Å². The molecule has 0 aliphatic carbocycles. The minimum atomic E-state index is 0.00610. The number of carbonyl (C=O) groups is 1. The van der Waals surface area contributed by atoms with Crippen LogP contribution in [0.25, 0.3) is 0 Å². The predicted octanol–water partition coefficient (Wildman–Crippen LogP) is 3.20. The van der Waals surface area contributed by atoms with E-state index in [9.17, 15) is 4.79 Å². The maximum Gasteiger partial charge on any atom is 0.224 e. The zero-order chi connectivity index (χ0) is 19.1. The van der Waals surface area contributed by atoms with Gasteiger partial charge in [-0.2, -0.15) is 0 Å². The maximum absolute atomic E-state index is 12.5. The van der Waals surface area contributed by atoms with Crippen LogP contribution in [0.5, 0.6) is 11.5 Å². The van der Waals surface area contributed by atoms with Crippen LogP contribution in [0.4, 0.5) is 0 Å². The molecule has 5 heteroatoms. The first-order valence-electron chi connectivity index (χ1n) is 9.48. The molecule has 1 aliphatic heterocycles. The normalized spacial score (nSPS) is 15.3. The van der Waals surface area contributed by atoms with E-state index in [-0.39, 0.29) is 11.9 Å². The van der Waals surface area contributed by atoms with Gasteiger partial charge >= 0.3 is 0 Å². The van der Waals surface area contributed by atoms with Crippen molar-refractivity contribution in [3.8, 4) is 11.5 Å². The number of methoxy groups -OCH3 is 2. The number of ether oxygens (including phenoxy) is 2. The van der Waals surface area contributed by atoms with Gasteiger partial charge in [0.2, 0.25) is 5.91 Å². The second-order valence-corrected chi connectivity index (χ2v) is 6.83. The summed E-state index contributed by atoms with van der Waals surface area (Å²) in [5.74, 6) is 1.60. The average molecular weight is 368 g/mol. The molecule has 5 nitrogen and oxygen atoms in total. The molecule has 0 radical (unpaired) electrons. The van der Waals surface area contributed by atoms with E-state index in [0.717, 1.165) is 30.2 Å². The van der Waals surface area contributed by atoms with Crippen LogP contribution in [0.15, 0.2) is 48.5 Å². The SMILES string of the molecule is COc1cccc(C(CNC(=O)Cc2ccccc2OC)N2CCCC2)c1. The Morgan fingerprint density at radius 1 is 1.07 bits per heavy atom. The highest BCUT2D eigenvalue weighted by molar-refractivity contribution is 5.79. The molecule has 144 valence electrons. The summed E-state index contributed by atoms with van der Waals surface area (Å²) in [6, 6.07) is 15.9. The fraction of sp³-hybridized carbons (Fsp3) is 0.409. The molecule has 3 rings (SSSR count). The van der Waals surface area contributed by atoms with Gasteiger partial charge in [0.05, 0.1) is 26.7 Å². The zero-order valence-electron chi connectivity index (χ0n) is 16.1. The van der Waals surface area contributed by atoms with Gasteiger partial charge in [-0.3, -0.25) is 9.69 Å². The van der Waals surface area contributed by atoms with Crippen LogP contribution >= 0.6 is 0 Å². The summed E-state index contributed by atoms with van der Waals surface area (Å²) >= 11 is 0. The number of hydrogen-bond acceptors (Lipinski definition) is 4. The average Bonchev–Trinajstić information content (AvgIpc) is 3.23. The summed E-state index contributed by atoms with van der Waals surface area (Å²) in [6.07, 6.45) is 2.72. The molecule has 2 aromatic rings. The van der Waals surface area contributed by atoms with Crippen molar-refractivity contribution in [3.63, 3.8) is 0 Å². The lowest BCUT2D eigenvalue weighted by molar-refractivity contribution is -0.120. The smallest absolute Gasteiger partial charge is 0.224 e. The van der Waals surface area contributed by atoms with E-state index in [1.165, 1.54) is 18.4 Å². The van der Waals surface area contributed by atoms with Crippen molar-refractivity contribution in [1.29, 1.82) is 0 Å². The summed E-state index contributed by atoms with van der Waals surface area (Å²) < 4.78 is 10.7. The van der Waals surface area contributed by atoms with Gasteiger partial charge in [0, 0.05) is 12.1 Å².